The maximum absolute atomic E-state index is 13.6. The Morgan fingerprint density at radius 2 is 1.74 bits per heavy atom. The molecule has 11 heteroatoms. The molecule has 4 heterocycles. The molecule has 2 aromatic carbocycles. The second kappa shape index (κ2) is 11.5. The first-order chi connectivity index (χ1) is 20.3. The van der Waals surface area contributed by atoms with E-state index in [9.17, 15) is 9.59 Å². The van der Waals surface area contributed by atoms with Crippen LogP contribution in [0.2, 0.25) is 5.02 Å². The molecule has 0 saturated carbocycles. The van der Waals surface area contributed by atoms with Crippen molar-refractivity contribution < 1.29 is 9.59 Å². The molecule has 0 fully saturated rings. The van der Waals surface area contributed by atoms with Gasteiger partial charge in [-0.05, 0) is 57.4 Å². The highest BCUT2D eigenvalue weighted by molar-refractivity contribution is 7.21. The van der Waals surface area contributed by atoms with Crippen LogP contribution in [0.4, 0.5) is 11.4 Å². The van der Waals surface area contributed by atoms with Gasteiger partial charge >= 0.3 is 0 Å². The maximum Gasteiger partial charge on any atom is 0.272 e. The maximum atomic E-state index is 13.6. The summed E-state index contributed by atoms with van der Waals surface area (Å²) in [6.45, 7) is 1.47. The summed E-state index contributed by atoms with van der Waals surface area (Å²) >= 11 is 7.89. The van der Waals surface area contributed by atoms with Crippen LogP contribution in [0.5, 0.6) is 0 Å². The minimum absolute atomic E-state index is 0.276. The first-order valence-corrected chi connectivity index (χ1v) is 14.7. The Hall–Kier alpha value is -4.38. The number of hydrogen-bond acceptors (Lipinski definition) is 5. The zero-order chi connectivity index (χ0) is 29.4. The van der Waals surface area contributed by atoms with Crippen LogP contribution >= 0.6 is 22.9 Å². The average Bonchev–Trinajstić information content (AvgIpc) is 3.73. The van der Waals surface area contributed by atoms with Crippen molar-refractivity contribution in [3.63, 3.8) is 0 Å². The second-order valence-electron chi connectivity index (χ2n) is 10.4. The average molecular weight is 600 g/mol. The van der Waals surface area contributed by atoms with Crippen LogP contribution in [0.1, 0.15) is 26.6 Å². The summed E-state index contributed by atoms with van der Waals surface area (Å²) in [6, 6.07) is 19.1. The van der Waals surface area contributed by atoms with E-state index in [4.69, 9.17) is 11.6 Å². The van der Waals surface area contributed by atoms with E-state index in [0.717, 1.165) is 45.6 Å². The van der Waals surface area contributed by atoms with Crippen LogP contribution in [0.25, 0.3) is 32.6 Å². The highest BCUT2D eigenvalue weighted by Gasteiger charge is 2.21. The summed E-state index contributed by atoms with van der Waals surface area (Å²) in [7, 11) is 5.94. The number of nitrogens with one attached hydrogen (secondary N) is 3. The molecule has 6 rings (SSSR count). The van der Waals surface area contributed by atoms with Gasteiger partial charge in [-0.25, -0.2) is 4.98 Å². The lowest BCUT2D eigenvalue weighted by atomic mass is 10.2. The largest absolute Gasteiger partial charge is 0.346 e. The molecule has 3 N–H and O–H groups in total. The van der Waals surface area contributed by atoms with Gasteiger partial charge in [-0.1, -0.05) is 41.9 Å². The quantitative estimate of drug-likeness (QED) is 0.172. The summed E-state index contributed by atoms with van der Waals surface area (Å²) < 4.78 is 4.74. The van der Waals surface area contributed by atoms with Gasteiger partial charge in [-0.15, -0.1) is 11.3 Å². The molecule has 0 unspecified atom stereocenters. The zero-order valence-corrected chi connectivity index (χ0v) is 25.0. The third-order valence-electron chi connectivity index (χ3n) is 7.03. The number of hydrogen-bond donors (Lipinski definition) is 3. The van der Waals surface area contributed by atoms with Crippen LogP contribution in [0.15, 0.2) is 73.1 Å². The number of nitrogens with zero attached hydrogens (tertiary/aromatic N) is 4. The molecule has 6 aromatic rings. The van der Waals surface area contributed by atoms with E-state index in [0.29, 0.717) is 33.5 Å². The monoisotopic (exact) mass is 599 g/mol. The SMILES string of the molecule is CN(C)CCCn1cc(NC(=O)c2sc3ccccc3c2Cl)cc1C(=O)Nc1cc(-c2nc3ccccc3[nH]2)n(C)c1. The van der Waals surface area contributed by atoms with E-state index < -0.39 is 0 Å². The Balaban J connectivity index is 1.24. The fourth-order valence-electron chi connectivity index (χ4n) is 5.00. The zero-order valence-electron chi connectivity index (χ0n) is 23.4. The minimum atomic E-state index is -0.308. The normalized spacial score (nSPS) is 11.5. The van der Waals surface area contributed by atoms with Gasteiger partial charge in [0.05, 0.1) is 33.1 Å². The third kappa shape index (κ3) is 5.56. The highest BCUT2D eigenvalue weighted by Crippen LogP contribution is 2.35. The van der Waals surface area contributed by atoms with Crippen LogP contribution in [-0.4, -0.2) is 56.5 Å². The van der Waals surface area contributed by atoms with Crippen molar-refractivity contribution in [3.05, 3.63) is 88.7 Å². The lowest BCUT2D eigenvalue weighted by molar-refractivity contribution is 0.101. The van der Waals surface area contributed by atoms with Crippen LogP contribution in [0.3, 0.4) is 0 Å². The standard InChI is InChI=1S/C31H30ClN7O2S/c1-37(2)13-8-14-39-18-20(34-31(41)28-27(32)21-9-4-7-12-26(21)42-28)16-25(39)30(40)33-19-15-24(38(3)17-19)29-35-22-10-5-6-11-23(22)36-29/h4-7,9-12,15-18H,8,13-14H2,1-3H3,(H,33,40)(H,34,41)(H,35,36). The first kappa shape index (κ1) is 27.8. The van der Waals surface area contributed by atoms with Gasteiger partial charge in [0.1, 0.15) is 10.6 Å². The summed E-state index contributed by atoms with van der Waals surface area (Å²) in [5.41, 5.74) is 4.28. The summed E-state index contributed by atoms with van der Waals surface area (Å²) in [6.07, 6.45) is 4.49. The number of para-hydroxylation sites is 2. The molecule has 0 aliphatic rings. The van der Waals surface area contributed by atoms with Crippen molar-refractivity contribution in [2.75, 3.05) is 31.3 Å². The molecular formula is C31H30ClN7O2S. The Bertz CT molecular complexity index is 1900. The number of thiophene rings is 1. The van der Waals surface area contributed by atoms with Crippen molar-refractivity contribution >= 4 is 67.2 Å². The van der Waals surface area contributed by atoms with Gasteiger partial charge in [0, 0.05) is 36.1 Å². The van der Waals surface area contributed by atoms with Gasteiger partial charge in [0.15, 0.2) is 5.82 Å². The highest BCUT2D eigenvalue weighted by atomic mass is 35.5. The van der Waals surface area contributed by atoms with Crippen molar-refractivity contribution in [1.29, 1.82) is 0 Å². The fourth-order valence-corrected chi connectivity index (χ4v) is 6.41. The molecule has 0 aliphatic carbocycles. The molecule has 9 nitrogen and oxygen atoms in total. The van der Waals surface area contributed by atoms with E-state index in [1.807, 2.05) is 91.1 Å². The molecule has 0 saturated heterocycles. The number of aromatic amines is 1. The molecule has 4 aromatic heterocycles. The van der Waals surface area contributed by atoms with E-state index in [-0.39, 0.29) is 11.8 Å². The minimum Gasteiger partial charge on any atom is -0.346 e. The molecule has 214 valence electrons. The number of carbonyl (C=O) groups excluding carboxylic acids is 2. The number of aryl methyl sites for hydroxylation is 2. The van der Waals surface area contributed by atoms with Crippen molar-refractivity contribution in [2.45, 2.75) is 13.0 Å². The topological polar surface area (TPSA) is 100.0 Å². The molecular weight excluding hydrogens is 570 g/mol. The van der Waals surface area contributed by atoms with Crippen LogP contribution < -0.4 is 10.6 Å². The summed E-state index contributed by atoms with van der Waals surface area (Å²) in [5, 5.41) is 7.25. The second-order valence-corrected chi connectivity index (χ2v) is 11.9. The van der Waals surface area contributed by atoms with Crippen LogP contribution in [-0.2, 0) is 13.6 Å². The number of anilines is 2. The third-order valence-corrected chi connectivity index (χ3v) is 8.70. The van der Waals surface area contributed by atoms with E-state index in [1.165, 1.54) is 11.3 Å². The number of H-pyrrole nitrogens is 1. The van der Waals surface area contributed by atoms with Crippen molar-refractivity contribution in [2.24, 2.45) is 7.05 Å². The van der Waals surface area contributed by atoms with E-state index in [2.05, 4.69) is 25.5 Å². The molecule has 0 atom stereocenters. The van der Waals surface area contributed by atoms with Crippen LogP contribution in [0, 0.1) is 0 Å². The molecule has 0 bridgehead atoms. The number of amides is 2. The number of carbonyl (C=O) groups is 2. The molecule has 0 aliphatic heterocycles. The van der Waals surface area contributed by atoms with Gasteiger partial charge in [0.25, 0.3) is 11.8 Å². The number of halogens is 1. The molecule has 0 radical (unpaired) electrons. The van der Waals surface area contributed by atoms with Crippen molar-refractivity contribution in [3.8, 4) is 11.5 Å². The van der Waals surface area contributed by atoms with Crippen molar-refractivity contribution in [1.82, 2.24) is 24.0 Å². The number of benzene rings is 2. The number of rotatable bonds is 9. The first-order valence-electron chi connectivity index (χ1n) is 13.5. The van der Waals surface area contributed by atoms with Gasteiger partial charge in [-0.3, -0.25) is 9.59 Å². The summed E-state index contributed by atoms with van der Waals surface area (Å²) in [4.78, 5) is 37.3. The lowest BCUT2D eigenvalue weighted by Crippen LogP contribution is -2.19. The van der Waals surface area contributed by atoms with Gasteiger partial charge in [0.2, 0.25) is 0 Å². The molecule has 0 spiro atoms. The summed E-state index contributed by atoms with van der Waals surface area (Å²) in [5.74, 6) is 0.135. The van der Waals surface area contributed by atoms with E-state index >= 15 is 0 Å². The van der Waals surface area contributed by atoms with E-state index in [1.54, 1.807) is 12.3 Å². The Labute approximate surface area is 251 Å². The smallest absolute Gasteiger partial charge is 0.272 e. The fraction of sp³-hybridized carbons (Fsp3) is 0.194. The Kier molecular flexibility index (Phi) is 7.59. The molecule has 42 heavy (non-hydrogen) atoms. The lowest BCUT2D eigenvalue weighted by Gasteiger charge is -2.12. The number of aromatic nitrogens is 4. The Morgan fingerprint density at radius 3 is 2.52 bits per heavy atom. The van der Waals surface area contributed by atoms with Gasteiger partial charge < -0.3 is 29.7 Å². The number of imidazole rings is 1. The predicted molar refractivity (Wildman–Crippen MR) is 171 cm³/mol. The predicted octanol–water partition coefficient (Wildman–Crippen LogP) is 6.69. The Morgan fingerprint density at radius 1 is 1.00 bits per heavy atom. The number of fused-ring (bicyclic) bond motifs is 2. The van der Waals surface area contributed by atoms with Gasteiger partial charge in [-0.2, -0.15) is 0 Å². The molecule has 2 amide bonds.